The highest BCUT2D eigenvalue weighted by Crippen LogP contribution is 2.51. The van der Waals surface area contributed by atoms with Crippen LogP contribution in [0.1, 0.15) is 25.0 Å². The summed E-state index contributed by atoms with van der Waals surface area (Å²) in [5, 5.41) is 6.08. The minimum Gasteiger partial charge on any atom is -0.308 e. The Balaban J connectivity index is 1.44. The van der Waals surface area contributed by atoms with Gasteiger partial charge < -0.3 is 4.57 Å². The normalized spacial score (nSPS) is 13.8. The molecule has 1 aliphatic rings. The zero-order valence-electron chi connectivity index (χ0n) is 22.8. The molecular formula is C38H26N2S. The molecule has 0 aliphatic heterocycles. The summed E-state index contributed by atoms with van der Waals surface area (Å²) in [6, 6.07) is 44.4. The number of thiazole rings is 1. The number of aromatic nitrogens is 2. The summed E-state index contributed by atoms with van der Waals surface area (Å²) in [5.41, 5.74) is 11.3. The Morgan fingerprint density at radius 2 is 1.37 bits per heavy atom. The van der Waals surface area contributed by atoms with Crippen LogP contribution in [-0.2, 0) is 5.41 Å². The second kappa shape index (κ2) is 8.15. The Morgan fingerprint density at radius 1 is 0.610 bits per heavy atom. The van der Waals surface area contributed by atoms with Crippen LogP contribution in [0.25, 0.3) is 70.2 Å². The summed E-state index contributed by atoms with van der Waals surface area (Å²) in [4.78, 5) is 5.18. The summed E-state index contributed by atoms with van der Waals surface area (Å²) in [6.45, 7) is 4.72. The van der Waals surface area contributed by atoms with Gasteiger partial charge in [0.25, 0.3) is 0 Å². The molecule has 0 fully saturated rings. The molecule has 0 saturated heterocycles. The van der Waals surface area contributed by atoms with Crippen LogP contribution in [0, 0.1) is 0 Å². The van der Waals surface area contributed by atoms with E-state index < -0.39 is 0 Å². The SMILES string of the molecule is CC1(C)c2ccccc2-c2cc3c(cc21)c1ccccc1n3-c1ccc2ccccc2c1-c1nc2ccccc2s1. The molecule has 41 heavy (non-hydrogen) atoms. The van der Waals surface area contributed by atoms with Gasteiger partial charge in [-0.25, -0.2) is 4.98 Å². The number of rotatable bonds is 2. The zero-order chi connectivity index (χ0) is 27.3. The summed E-state index contributed by atoms with van der Waals surface area (Å²) in [6.07, 6.45) is 0. The van der Waals surface area contributed by atoms with Crippen molar-refractivity contribution in [2.45, 2.75) is 19.3 Å². The monoisotopic (exact) mass is 542 g/mol. The van der Waals surface area contributed by atoms with E-state index in [0.29, 0.717) is 0 Å². The number of hydrogen-bond donors (Lipinski definition) is 0. The minimum absolute atomic E-state index is 0.0432. The van der Waals surface area contributed by atoms with Crippen molar-refractivity contribution in [2.24, 2.45) is 0 Å². The number of para-hydroxylation sites is 2. The molecule has 0 radical (unpaired) electrons. The lowest BCUT2D eigenvalue weighted by Crippen LogP contribution is -2.14. The van der Waals surface area contributed by atoms with Gasteiger partial charge in [0, 0.05) is 21.8 Å². The van der Waals surface area contributed by atoms with Crippen LogP contribution in [0.2, 0.25) is 0 Å². The first-order valence-corrected chi connectivity index (χ1v) is 15.0. The molecule has 0 saturated carbocycles. The lowest BCUT2D eigenvalue weighted by Gasteiger charge is -2.21. The maximum Gasteiger partial charge on any atom is 0.127 e. The quantitative estimate of drug-likeness (QED) is 0.212. The largest absolute Gasteiger partial charge is 0.308 e. The lowest BCUT2D eigenvalue weighted by atomic mass is 9.82. The molecule has 6 aromatic carbocycles. The van der Waals surface area contributed by atoms with Crippen molar-refractivity contribution in [2.75, 3.05) is 0 Å². The third kappa shape index (κ3) is 3.10. The lowest BCUT2D eigenvalue weighted by molar-refractivity contribution is 0.661. The molecule has 9 rings (SSSR count). The molecule has 2 nitrogen and oxygen atoms in total. The molecule has 194 valence electrons. The molecule has 0 bridgehead atoms. The van der Waals surface area contributed by atoms with Crippen molar-refractivity contribution in [3.8, 4) is 27.4 Å². The molecule has 0 atom stereocenters. The molecule has 1 aliphatic carbocycles. The number of hydrogen-bond acceptors (Lipinski definition) is 2. The second-order valence-electron chi connectivity index (χ2n) is 11.6. The van der Waals surface area contributed by atoms with Gasteiger partial charge in [0.15, 0.2) is 0 Å². The summed E-state index contributed by atoms with van der Waals surface area (Å²) in [7, 11) is 0. The minimum atomic E-state index is -0.0432. The van der Waals surface area contributed by atoms with Gasteiger partial charge in [-0.1, -0.05) is 98.8 Å². The molecule has 0 amide bonds. The van der Waals surface area contributed by atoms with Crippen LogP contribution in [0.15, 0.2) is 121 Å². The van der Waals surface area contributed by atoms with Gasteiger partial charge >= 0.3 is 0 Å². The van der Waals surface area contributed by atoms with Crippen LogP contribution in [0.4, 0.5) is 0 Å². The molecule has 0 N–H and O–H groups in total. The van der Waals surface area contributed by atoms with E-state index >= 15 is 0 Å². The van der Waals surface area contributed by atoms with Crippen molar-refractivity contribution >= 4 is 54.1 Å². The Morgan fingerprint density at radius 3 is 2.27 bits per heavy atom. The van der Waals surface area contributed by atoms with Crippen LogP contribution in [-0.4, -0.2) is 9.55 Å². The fraction of sp³-hybridized carbons (Fsp3) is 0.0789. The first-order chi connectivity index (χ1) is 20.1. The Hall–Kier alpha value is -4.73. The zero-order valence-corrected chi connectivity index (χ0v) is 23.7. The van der Waals surface area contributed by atoms with Crippen molar-refractivity contribution in [1.29, 1.82) is 0 Å². The maximum absolute atomic E-state index is 5.18. The Labute approximate surface area is 242 Å². The summed E-state index contributed by atoms with van der Waals surface area (Å²) >= 11 is 1.77. The van der Waals surface area contributed by atoms with Gasteiger partial charge in [0.2, 0.25) is 0 Å². The maximum atomic E-state index is 5.18. The van der Waals surface area contributed by atoms with E-state index in [9.17, 15) is 0 Å². The van der Waals surface area contributed by atoms with Crippen LogP contribution >= 0.6 is 11.3 Å². The fourth-order valence-corrected chi connectivity index (χ4v) is 8.11. The van der Waals surface area contributed by atoms with Crippen molar-refractivity contribution in [3.05, 3.63) is 132 Å². The number of fused-ring (bicyclic) bond motifs is 8. The molecule has 8 aromatic rings. The molecule has 2 heterocycles. The van der Waals surface area contributed by atoms with E-state index in [1.54, 1.807) is 11.3 Å². The number of benzene rings is 6. The number of nitrogens with zero attached hydrogens (tertiary/aromatic N) is 2. The molecule has 3 heteroatoms. The van der Waals surface area contributed by atoms with E-state index in [4.69, 9.17) is 4.98 Å². The smallest absolute Gasteiger partial charge is 0.127 e. The van der Waals surface area contributed by atoms with Crippen LogP contribution in [0.5, 0.6) is 0 Å². The topological polar surface area (TPSA) is 17.8 Å². The van der Waals surface area contributed by atoms with Gasteiger partial charge in [-0.15, -0.1) is 11.3 Å². The Kier molecular flexibility index (Phi) is 4.58. The highest BCUT2D eigenvalue weighted by Gasteiger charge is 2.36. The predicted octanol–water partition coefficient (Wildman–Crippen LogP) is 10.5. The van der Waals surface area contributed by atoms with Gasteiger partial charge in [0.05, 0.1) is 26.9 Å². The first kappa shape index (κ1) is 23.0. The molecular weight excluding hydrogens is 516 g/mol. The third-order valence-corrected chi connectivity index (χ3v) is 10.1. The van der Waals surface area contributed by atoms with Crippen molar-refractivity contribution in [3.63, 3.8) is 0 Å². The van der Waals surface area contributed by atoms with Crippen molar-refractivity contribution in [1.82, 2.24) is 9.55 Å². The summed E-state index contributed by atoms with van der Waals surface area (Å²) < 4.78 is 3.69. The highest BCUT2D eigenvalue weighted by molar-refractivity contribution is 7.21. The molecule has 0 unspecified atom stereocenters. The van der Waals surface area contributed by atoms with Gasteiger partial charge in [-0.3, -0.25) is 0 Å². The molecule has 0 spiro atoms. The van der Waals surface area contributed by atoms with E-state index in [1.165, 1.54) is 70.8 Å². The van der Waals surface area contributed by atoms with E-state index in [1.807, 2.05) is 0 Å². The summed E-state index contributed by atoms with van der Waals surface area (Å²) in [5.74, 6) is 0. The third-order valence-electron chi connectivity index (χ3n) is 9.03. The second-order valence-corrected chi connectivity index (χ2v) is 12.6. The van der Waals surface area contributed by atoms with E-state index in [2.05, 4.69) is 140 Å². The van der Waals surface area contributed by atoms with Gasteiger partial charge in [0.1, 0.15) is 5.01 Å². The van der Waals surface area contributed by atoms with Crippen molar-refractivity contribution < 1.29 is 0 Å². The van der Waals surface area contributed by atoms with Crippen LogP contribution < -0.4 is 0 Å². The first-order valence-electron chi connectivity index (χ1n) is 14.2. The van der Waals surface area contributed by atoms with E-state index in [0.717, 1.165) is 10.5 Å². The van der Waals surface area contributed by atoms with Gasteiger partial charge in [-0.2, -0.15) is 0 Å². The van der Waals surface area contributed by atoms with E-state index in [-0.39, 0.29) is 5.41 Å². The highest BCUT2D eigenvalue weighted by atomic mass is 32.1. The standard InChI is InChI=1S/C38H26N2S/c1-38(2)29-15-7-5-13-25(29)27-22-34-28(21-30(27)38)26-14-6-9-17-32(26)40(34)33-20-19-23-11-3-4-12-24(23)36(33)37-39-31-16-8-10-18-35(31)41-37/h3-22H,1-2H3. The van der Waals surface area contributed by atoms with Gasteiger partial charge in [-0.05, 0) is 69.4 Å². The predicted molar refractivity (Wildman–Crippen MR) is 174 cm³/mol. The van der Waals surface area contributed by atoms with Crippen LogP contribution in [0.3, 0.4) is 0 Å². The average molecular weight is 543 g/mol. The average Bonchev–Trinajstić information content (AvgIpc) is 3.64. The fourth-order valence-electron chi connectivity index (χ4n) is 7.07. The Bertz CT molecular complexity index is 2320. The molecule has 2 aromatic heterocycles.